The Bertz CT molecular complexity index is 1350. The molecule has 0 aliphatic carbocycles. The molecule has 0 unspecified atom stereocenters. The highest BCUT2D eigenvalue weighted by molar-refractivity contribution is 7.87. The second kappa shape index (κ2) is 11.4. The average Bonchev–Trinajstić information content (AvgIpc) is 2.92. The third-order valence-electron chi connectivity index (χ3n) is 6.33. The summed E-state index contributed by atoms with van der Waals surface area (Å²) >= 11 is 0. The number of likely N-dealkylation sites (N-methyl/N-ethyl adjacent to an activating group) is 1. The molecule has 0 fully saturated rings. The second-order valence-corrected chi connectivity index (χ2v) is 10.4. The van der Waals surface area contributed by atoms with Gasteiger partial charge in [-0.05, 0) is 47.4 Å². The van der Waals surface area contributed by atoms with Gasteiger partial charge in [0, 0.05) is 32.2 Å². The number of urea groups is 1. The van der Waals surface area contributed by atoms with E-state index in [9.17, 15) is 18.0 Å². The fraction of sp³-hybridized carbons (Fsp3) is 0.259. The lowest BCUT2D eigenvalue weighted by Gasteiger charge is -2.29. The van der Waals surface area contributed by atoms with Crippen molar-refractivity contribution in [1.82, 2.24) is 14.3 Å². The number of nitrogens with zero attached hydrogens (tertiary/aromatic N) is 2. The van der Waals surface area contributed by atoms with Crippen molar-refractivity contribution in [3.8, 4) is 5.75 Å². The van der Waals surface area contributed by atoms with Gasteiger partial charge in [0.25, 0.3) is 0 Å². The molecule has 9 nitrogen and oxygen atoms in total. The maximum absolute atomic E-state index is 13.4. The van der Waals surface area contributed by atoms with E-state index >= 15 is 0 Å². The molecule has 10 heteroatoms. The van der Waals surface area contributed by atoms with Gasteiger partial charge in [0.1, 0.15) is 11.8 Å². The number of anilines is 1. The van der Waals surface area contributed by atoms with Crippen molar-refractivity contribution in [3.05, 3.63) is 95.6 Å². The summed E-state index contributed by atoms with van der Waals surface area (Å²) in [5.74, 6) is 0.252. The van der Waals surface area contributed by atoms with E-state index in [1.54, 1.807) is 38.4 Å². The first-order valence-corrected chi connectivity index (χ1v) is 13.3. The standard InChI is InChI=1S/C27H30N4O5S/c1-30(23-12-14-24(36-2)15-13-23)26(32)25(18-20-8-4-3-5-9-20)28-27(33)29-37(34,35)31-17-16-21-10-6-7-11-22(21)19-31/h3-15,25H,16-19H2,1-2H3,(H2,28,29,33)/t25-/m0/s1. The van der Waals surface area contributed by atoms with Gasteiger partial charge in [0.2, 0.25) is 5.91 Å². The fourth-order valence-corrected chi connectivity index (χ4v) is 5.32. The Hall–Kier alpha value is -3.89. The minimum atomic E-state index is -4.12. The van der Waals surface area contributed by atoms with Gasteiger partial charge in [-0.2, -0.15) is 12.7 Å². The van der Waals surface area contributed by atoms with Crippen LogP contribution in [0.2, 0.25) is 0 Å². The van der Waals surface area contributed by atoms with Crippen LogP contribution < -0.4 is 19.7 Å². The SMILES string of the molecule is COc1ccc(N(C)C(=O)[C@H](Cc2ccccc2)NC(=O)NS(=O)(=O)N2CCc3ccccc3C2)cc1. The van der Waals surface area contributed by atoms with Crippen molar-refractivity contribution in [2.75, 3.05) is 25.6 Å². The topological polar surface area (TPSA) is 108 Å². The van der Waals surface area contributed by atoms with Gasteiger partial charge in [-0.25, -0.2) is 9.52 Å². The van der Waals surface area contributed by atoms with E-state index in [0.717, 1.165) is 16.7 Å². The van der Waals surface area contributed by atoms with Crippen molar-refractivity contribution in [2.24, 2.45) is 0 Å². The number of carbonyl (C=O) groups excluding carboxylic acids is 2. The van der Waals surface area contributed by atoms with Crippen LogP contribution in [-0.2, 0) is 34.4 Å². The first kappa shape index (κ1) is 26.2. The van der Waals surface area contributed by atoms with Crippen LogP contribution in [-0.4, -0.2) is 51.4 Å². The van der Waals surface area contributed by atoms with Crippen LogP contribution in [0.15, 0.2) is 78.9 Å². The summed E-state index contributed by atoms with van der Waals surface area (Å²) in [5.41, 5.74) is 3.41. The van der Waals surface area contributed by atoms with E-state index in [1.165, 1.54) is 9.21 Å². The molecule has 3 aromatic rings. The number of fused-ring (bicyclic) bond motifs is 1. The van der Waals surface area contributed by atoms with Crippen molar-refractivity contribution < 1.29 is 22.7 Å². The monoisotopic (exact) mass is 522 g/mol. The Balaban J connectivity index is 1.48. The summed E-state index contributed by atoms with van der Waals surface area (Å²) in [7, 11) is -0.962. The Morgan fingerprint density at radius 2 is 1.62 bits per heavy atom. The van der Waals surface area contributed by atoms with Crippen molar-refractivity contribution in [1.29, 1.82) is 0 Å². The summed E-state index contributed by atoms with van der Waals surface area (Å²) in [5, 5.41) is 2.58. The zero-order valence-electron chi connectivity index (χ0n) is 20.8. The molecule has 0 bridgehead atoms. The maximum atomic E-state index is 13.4. The maximum Gasteiger partial charge on any atom is 0.330 e. The number of hydrogen-bond donors (Lipinski definition) is 2. The number of carbonyl (C=O) groups is 2. The number of benzene rings is 3. The van der Waals surface area contributed by atoms with E-state index < -0.39 is 28.2 Å². The predicted octanol–water partition coefficient (Wildman–Crippen LogP) is 2.87. The van der Waals surface area contributed by atoms with E-state index in [-0.39, 0.29) is 19.5 Å². The molecule has 194 valence electrons. The Kier molecular flexibility index (Phi) is 8.10. The predicted molar refractivity (Wildman–Crippen MR) is 141 cm³/mol. The molecule has 2 N–H and O–H groups in total. The Morgan fingerprint density at radius 1 is 0.973 bits per heavy atom. The van der Waals surface area contributed by atoms with Crippen molar-refractivity contribution >= 4 is 27.8 Å². The van der Waals surface area contributed by atoms with Gasteiger partial charge in [0.05, 0.1) is 7.11 Å². The molecule has 0 spiro atoms. The van der Waals surface area contributed by atoms with E-state index in [0.29, 0.717) is 17.9 Å². The molecule has 0 saturated heterocycles. The Morgan fingerprint density at radius 3 is 2.30 bits per heavy atom. The second-order valence-electron chi connectivity index (χ2n) is 8.77. The highest BCUT2D eigenvalue weighted by Crippen LogP contribution is 2.21. The fourth-order valence-electron chi connectivity index (χ4n) is 4.26. The summed E-state index contributed by atoms with van der Waals surface area (Å²) < 4.78 is 34.4. The molecule has 0 saturated carbocycles. The molecule has 1 aliphatic heterocycles. The van der Waals surface area contributed by atoms with Gasteiger partial charge in [-0.15, -0.1) is 0 Å². The molecular weight excluding hydrogens is 492 g/mol. The minimum Gasteiger partial charge on any atom is -0.497 e. The van der Waals surface area contributed by atoms with E-state index in [1.807, 2.05) is 54.6 Å². The van der Waals surface area contributed by atoms with Crippen molar-refractivity contribution in [2.45, 2.75) is 25.4 Å². The number of nitrogens with one attached hydrogen (secondary N) is 2. The molecule has 1 atom stereocenters. The highest BCUT2D eigenvalue weighted by atomic mass is 32.2. The summed E-state index contributed by atoms with van der Waals surface area (Å²) in [6, 6.07) is 21.8. The average molecular weight is 523 g/mol. The van der Waals surface area contributed by atoms with Crippen LogP contribution in [0.5, 0.6) is 5.75 Å². The number of ether oxygens (including phenoxy) is 1. The normalized spacial score (nSPS) is 14.2. The summed E-state index contributed by atoms with van der Waals surface area (Å²) in [6.45, 7) is 0.428. The minimum absolute atomic E-state index is 0.172. The van der Waals surface area contributed by atoms with Gasteiger partial charge < -0.3 is 15.0 Å². The molecule has 3 aromatic carbocycles. The van der Waals surface area contributed by atoms with Crippen LogP contribution >= 0.6 is 0 Å². The number of methoxy groups -OCH3 is 1. The van der Waals surface area contributed by atoms with Gasteiger partial charge in [-0.3, -0.25) is 4.79 Å². The third kappa shape index (κ3) is 6.46. The lowest BCUT2D eigenvalue weighted by molar-refractivity contribution is -0.120. The molecule has 4 rings (SSSR count). The Labute approximate surface area is 217 Å². The smallest absolute Gasteiger partial charge is 0.330 e. The molecule has 0 radical (unpaired) electrons. The van der Waals surface area contributed by atoms with Gasteiger partial charge >= 0.3 is 16.2 Å². The third-order valence-corrected chi connectivity index (χ3v) is 7.77. The number of amides is 3. The summed E-state index contributed by atoms with van der Waals surface area (Å²) in [6.07, 6.45) is 0.741. The molecule has 37 heavy (non-hydrogen) atoms. The first-order valence-electron chi connectivity index (χ1n) is 11.9. The van der Waals surface area contributed by atoms with Gasteiger partial charge in [0.15, 0.2) is 0 Å². The molecular formula is C27H30N4O5S. The number of hydrogen-bond acceptors (Lipinski definition) is 5. The molecule has 1 aliphatic rings. The molecule has 0 aromatic heterocycles. The lowest BCUT2D eigenvalue weighted by Crippen LogP contribution is -2.55. The van der Waals surface area contributed by atoms with Crippen molar-refractivity contribution in [3.63, 3.8) is 0 Å². The quantitative estimate of drug-likeness (QED) is 0.473. The zero-order chi connectivity index (χ0) is 26.4. The molecule has 1 heterocycles. The van der Waals surface area contributed by atoms with Crippen LogP contribution in [0.25, 0.3) is 0 Å². The lowest BCUT2D eigenvalue weighted by atomic mass is 10.0. The number of rotatable bonds is 8. The van der Waals surface area contributed by atoms with Crippen LogP contribution in [0.1, 0.15) is 16.7 Å². The van der Waals surface area contributed by atoms with E-state index in [4.69, 9.17) is 4.74 Å². The molecule has 3 amide bonds. The largest absolute Gasteiger partial charge is 0.497 e. The first-order chi connectivity index (χ1) is 17.8. The highest BCUT2D eigenvalue weighted by Gasteiger charge is 2.31. The van der Waals surface area contributed by atoms with E-state index in [2.05, 4.69) is 10.0 Å². The zero-order valence-corrected chi connectivity index (χ0v) is 21.6. The summed E-state index contributed by atoms with van der Waals surface area (Å²) in [4.78, 5) is 27.7. The van der Waals surface area contributed by atoms with Crippen LogP contribution in [0.4, 0.5) is 10.5 Å². The van der Waals surface area contributed by atoms with Gasteiger partial charge in [-0.1, -0.05) is 54.6 Å². The van der Waals surface area contributed by atoms with Crippen LogP contribution in [0.3, 0.4) is 0 Å². The van der Waals surface area contributed by atoms with Crippen LogP contribution in [0, 0.1) is 0 Å².